The van der Waals surface area contributed by atoms with Gasteiger partial charge in [0, 0.05) is 18.8 Å². The van der Waals surface area contributed by atoms with Crippen molar-refractivity contribution in [2.24, 2.45) is 0 Å². The molecule has 5 nitrogen and oxygen atoms in total. The smallest absolute Gasteiger partial charge is 0.230 e. The second-order valence-electron chi connectivity index (χ2n) is 4.54. The summed E-state index contributed by atoms with van der Waals surface area (Å²) in [7, 11) is 0. The molecule has 106 valence electrons. The van der Waals surface area contributed by atoms with Gasteiger partial charge in [-0.25, -0.2) is 0 Å². The van der Waals surface area contributed by atoms with E-state index in [1.807, 2.05) is 12.1 Å². The number of nitrogens with zero attached hydrogens (tertiary/aromatic N) is 3. The number of aryl methyl sites for hydroxylation is 1. The molecule has 6 heteroatoms. The quantitative estimate of drug-likeness (QED) is 0.796. The van der Waals surface area contributed by atoms with Crippen LogP contribution in [0.2, 0.25) is 0 Å². The summed E-state index contributed by atoms with van der Waals surface area (Å²) in [5.74, 6) is -0.0886. The van der Waals surface area contributed by atoms with Gasteiger partial charge in [0.1, 0.15) is 5.01 Å². The Kier molecular flexibility index (Phi) is 5.61. The van der Waals surface area contributed by atoms with Crippen LogP contribution in [0.4, 0.5) is 5.13 Å². The fourth-order valence-corrected chi connectivity index (χ4v) is 2.58. The largest absolute Gasteiger partial charge is 0.300 e. The number of anilines is 1. The number of carbonyl (C=O) groups is 1. The van der Waals surface area contributed by atoms with Gasteiger partial charge in [0.25, 0.3) is 0 Å². The Labute approximate surface area is 122 Å². The molecule has 1 amide bonds. The zero-order chi connectivity index (χ0) is 14.2. The lowest BCUT2D eigenvalue weighted by atomic mass is 10.2. The number of nitrogens with one attached hydrogen (secondary N) is 1. The highest BCUT2D eigenvalue weighted by atomic mass is 32.1. The molecule has 2 heterocycles. The van der Waals surface area contributed by atoms with Crippen LogP contribution < -0.4 is 5.32 Å². The van der Waals surface area contributed by atoms with Crippen molar-refractivity contribution in [2.75, 3.05) is 5.32 Å². The second-order valence-corrected chi connectivity index (χ2v) is 5.61. The van der Waals surface area contributed by atoms with Crippen molar-refractivity contribution in [1.29, 1.82) is 0 Å². The van der Waals surface area contributed by atoms with E-state index in [4.69, 9.17) is 0 Å². The average Bonchev–Trinajstić information content (AvgIpc) is 2.87. The summed E-state index contributed by atoms with van der Waals surface area (Å²) >= 11 is 1.45. The van der Waals surface area contributed by atoms with E-state index in [-0.39, 0.29) is 5.91 Å². The van der Waals surface area contributed by atoms with Gasteiger partial charge >= 0.3 is 0 Å². The Morgan fingerprint density at radius 1 is 1.35 bits per heavy atom. The maximum atomic E-state index is 11.9. The van der Waals surface area contributed by atoms with Gasteiger partial charge in [-0.05, 0) is 18.1 Å². The number of unbranched alkanes of at least 4 members (excludes halogenated alkanes) is 2. The Morgan fingerprint density at radius 3 is 3.00 bits per heavy atom. The minimum Gasteiger partial charge on any atom is -0.300 e. The highest BCUT2D eigenvalue weighted by Crippen LogP contribution is 2.17. The van der Waals surface area contributed by atoms with Gasteiger partial charge in [-0.15, -0.1) is 10.2 Å². The molecule has 0 atom stereocenters. The zero-order valence-corrected chi connectivity index (χ0v) is 12.3. The number of rotatable bonds is 7. The minimum atomic E-state index is -0.0886. The van der Waals surface area contributed by atoms with Crippen molar-refractivity contribution in [3.63, 3.8) is 0 Å². The van der Waals surface area contributed by atoms with Gasteiger partial charge in [-0.1, -0.05) is 37.2 Å². The van der Waals surface area contributed by atoms with E-state index in [0.29, 0.717) is 11.6 Å². The van der Waals surface area contributed by atoms with Crippen molar-refractivity contribution in [3.8, 4) is 0 Å². The van der Waals surface area contributed by atoms with E-state index in [2.05, 4.69) is 27.4 Å². The van der Waals surface area contributed by atoms with Crippen molar-refractivity contribution >= 4 is 22.4 Å². The number of amides is 1. The molecule has 2 aromatic heterocycles. The van der Waals surface area contributed by atoms with E-state index in [1.54, 1.807) is 12.4 Å². The molecular formula is C14H18N4OS. The van der Waals surface area contributed by atoms with Crippen molar-refractivity contribution in [2.45, 2.75) is 39.0 Å². The molecule has 1 N–H and O–H groups in total. The molecule has 0 bridgehead atoms. The lowest BCUT2D eigenvalue weighted by molar-refractivity contribution is -0.115. The van der Waals surface area contributed by atoms with E-state index >= 15 is 0 Å². The predicted octanol–water partition coefficient (Wildman–Crippen LogP) is 2.85. The average molecular weight is 290 g/mol. The Balaban J connectivity index is 1.82. The molecule has 0 saturated carbocycles. The van der Waals surface area contributed by atoms with Crippen LogP contribution in [-0.4, -0.2) is 21.1 Å². The van der Waals surface area contributed by atoms with Gasteiger partial charge in [-0.3, -0.25) is 9.78 Å². The number of pyridine rings is 1. The predicted molar refractivity (Wildman–Crippen MR) is 79.7 cm³/mol. The molecule has 0 aromatic carbocycles. The molecule has 0 spiro atoms. The molecule has 0 radical (unpaired) electrons. The zero-order valence-electron chi connectivity index (χ0n) is 11.5. The molecule has 0 aliphatic rings. The standard InChI is InChI=1S/C14H18N4OS/c1-2-3-4-7-13-17-18-14(20-13)16-12(19)9-11-6-5-8-15-10-11/h5-6,8,10H,2-4,7,9H2,1H3,(H,16,18,19). The maximum Gasteiger partial charge on any atom is 0.230 e. The fraction of sp³-hybridized carbons (Fsp3) is 0.429. The molecule has 0 fully saturated rings. The first-order valence-electron chi connectivity index (χ1n) is 6.79. The molecule has 2 aromatic rings. The third-order valence-corrected chi connectivity index (χ3v) is 3.69. The van der Waals surface area contributed by atoms with E-state index in [1.165, 1.54) is 24.2 Å². The van der Waals surface area contributed by atoms with E-state index in [0.717, 1.165) is 23.4 Å². The van der Waals surface area contributed by atoms with Crippen LogP contribution >= 0.6 is 11.3 Å². The number of hydrogen-bond acceptors (Lipinski definition) is 5. The third-order valence-electron chi connectivity index (χ3n) is 2.79. The summed E-state index contributed by atoms with van der Waals surface area (Å²) in [6.45, 7) is 2.17. The van der Waals surface area contributed by atoms with Crippen LogP contribution in [-0.2, 0) is 17.6 Å². The van der Waals surface area contributed by atoms with Crippen LogP contribution in [0.3, 0.4) is 0 Å². The van der Waals surface area contributed by atoms with Gasteiger partial charge in [0.2, 0.25) is 11.0 Å². The SMILES string of the molecule is CCCCCc1nnc(NC(=O)Cc2cccnc2)s1. The van der Waals surface area contributed by atoms with Gasteiger partial charge in [0.15, 0.2) is 0 Å². The monoisotopic (exact) mass is 290 g/mol. The molecule has 0 aliphatic heterocycles. The first kappa shape index (κ1) is 14.6. The second kappa shape index (κ2) is 7.69. The first-order chi connectivity index (χ1) is 9.78. The van der Waals surface area contributed by atoms with E-state index < -0.39 is 0 Å². The molecule has 0 aliphatic carbocycles. The number of hydrogen-bond donors (Lipinski definition) is 1. The van der Waals surface area contributed by atoms with Crippen molar-refractivity contribution in [3.05, 3.63) is 35.1 Å². The fourth-order valence-electron chi connectivity index (χ4n) is 1.78. The highest BCUT2D eigenvalue weighted by Gasteiger charge is 2.08. The van der Waals surface area contributed by atoms with Gasteiger partial charge < -0.3 is 5.32 Å². The van der Waals surface area contributed by atoms with Crippen molar-refractivity contribution in [1.82, 2.24) is 15.2 Å². The Morgan fingerprint density at radius 2 is 2.25 bits per heavy atom. The first-order valence-corrected chi connectivity index (χ1v) is 7.60. The van der Waals surface area contributed by atoms with Gasteiger partial charge in [-0.2, -0.15) is 0 Å². The molecule has 2 rings (SSSR count). The van der Waals surface area contributed by atoms with Crippen LogP contribution in [0.15, 0.2) is 24.5 Å². The van der Waals surface area contributed by atoms with Crippen LogP contribution in [0.1, 0.15) is 36.8 Å². The van der Waals surface area contributed by atoms with Gasteiger partial charge in [0.05, 0.1) is 6.42 Å². The topological polar surface area (TPSA) is 67.8 Å². The summed E-state index contributed by atoms with van der Waals surface area (Å²) in [5, 5.41) is 12.4. The van der Waals surface area contributed by atoms with Crippen LogP contribution in [0.25, 0.3) is 0 Å². The molecular weight excluding hydrogens is 272 g/mol. The lowest BCUT2D eigenvalue weighted by Gasteiger charge is -2.00. The molecule has 0 unspecified atom stereocenters. The lowest BCUT2D eigenvalue weighted by Crippen LogP contribution is -2.14. The molecule has 20 heavy (non-hydrogen) atoms. The van der Waals surface area contributed by atoms with E-state index in [9.17, 15) is 4.79 Å². The number of carbonyl (C=O) groups excluding carboxylic acids is 1. The minimum absolute atomic E-state index is 0.0886. The maximum absolute atomic E-state index is 11.9. The highest BCUT2D eigenvalue weighted by molar-refractivity contribution is 7.15. The Hall–Kier alpha value is -1.82. The summed E-state index contributed by atoms with van der Waals surface area (Å²) < 4.78 is 0. The van der Waals surface area contributed by atoms with Crippen LogP contribution in [0.5, 0.6) is 0 Å². The summed E-state index contributed by atoms with van der Waals surface area (Å²) in [6.07, 6.45) is 8.12. The normalized spacial score (nSPS) is 10.4. The summed E-state index contributed by atoms with van der Waals surface area (Å²) in [5.41, 5.74) is 0.887. The van der Waals surface area contributed by atoms with Crippen molar-refractivity contribution < 1.29 is 4.79 Å². The third kappa shape index (κ3) is 4.70. The number of aromatic nitrogens is 3. The summed E-state index contributed by atoms with van der Waals surface area (Å²) in [4.78, 5) is 15.8. The van der Waals surface area contributed by atoms with Crippen LogP contribution in [0, 0.1) is 0 Å². The molecule has 0 saturated heterocycles. The Bertz CT molecular complexity index is 541. The summed E-state index contributed by atoms with van der Waals surface area (Å²) in [6, 6.07) is 3.70.